The number of ether oxygens (including phenoxy) is 2. The summed E-state index contributed by atoms with van der Waals surface area (Å²) in [4.78, 5) is 18.8. The van der Waals surface area contributed by atoms with Crippen LogP contribution in [0.4, 0.5) is 0 Å². The van der Waals surface area contributed by atoms with E-state index < -0.39 is 0 Å². The van der Waals surface area contributed by atoms with Crippen LogP contribution in [0.1, 0.15) is 26.3 Å². The third-order valence-electron chi connectivity index (χ3n) is 4.62. The monoisotopic (exact) mass is 361 g/mol. The van der Waals surface area contributed by atoms with E-state index in [1.54, 1.807) is 0 Å². The van der Waals surface area contributed by atoms with Crippen LogP contribution in [0.25, 0.3) is 0 Å². The molecular weight excluding hydrogens is 330 g/mol. The zero-order chi connectivity index (χ0) is 18.9. The van der Waals surface area contributed by atoms with Crippen LogP contribution in [-0.4, -0.2) is 56.7 Å². The number of rotatable bonds is 7. The quantitative estimate of drug-likeness (QED) is 0.459. The molecular formula is C20H31N3O3. The van der Waals surface area contributed by atoms with E-state index in [1.165, 1.54) is 12.7 Å². The number of hydrogen-bond donors (Lipinski definition) is 1. The first-order valence-electron chi connectivity index (χ1n) is 9.41. The molecule has 1 aromatic rings. The Kier molecular flexibility index (Phi) is 7.75. The van der Waals surface area contributed by atoms with Crippen molar-refractivity contribution in [3.05, 3.63) is 29.8 Å². The molecule has 144 valence electrons. The number of methoxy groups -OCH3 is 1. The molecule has 1 aliphatic rings. The van der Waals surface area contributed by atoms with Crippen molar-refractivity contribution in [3.63, 3.8) is 0 Å². The van der Waals surface area contributed by atoms with Crippen molar-refractivity contribution in [2.75, 3.05) is 39.9 Å². The second kappa shape index (κ2) is 10.0. The molecule has 6 nitrogen and oxygen atoms in total. The fourth-order valence-electron chi connectivity index (χ4n) is 3.27. The van der Waals surface area contributed by atoms with Gasteiger partial charge in [0.2, 0.25) is 0 Å². The van der Waals surface area contributed by atoms with Gasteiger partial charge >= 0.3 is 5.97 Å². The van der Waals surface area contributed by atoms with E-state index in [0.29, 0.717) is 19.7 Å². The average Bonchev–Trinajstić information content (AvgIpc) is 3.02. The number of nitrogens with zero attached hydrogens (tertiary/aromatic N) is 2. The molecule has 0 amide bonds. The number of likely N-dealkylation sites (tertiary alicyclic amines) is 1. The highest BCUT2D eigenvalue weighted by molar-refractivity contribution is 5.82. The second-order valence-electron chi connectivity index (χ2n) is 6.58. The van der Waals surface area contributed by atoms with Crippen molar-refractivity contribution in [1.82, 2.24) is 10.2 Å². The van der Waals surface area contributed by atoms with Crippen molar-refractivity contribution in [3.8, 4) is 5.75 Å². The second-order valence-corrected chi connectivity index (χ2v) is 6.58. The maximum Gasteiger partial charge on any atom is 0.310 e. The first kappa shape index (κ1) is 20.1. The molecule has 6 heteroatoms. The lowest BCUT2D eigenvalue weighted by molar-refractivity contribution is -0.145. The van der Waals surface area contributed by atoms with Gasteiger partial charge in [0.25, 0.3) is 0 Å². The Morgan fingerprint density at radius 1 is 1.35 bits per heavy atom. The Bertz CT molecular complexity index is 618. The third-order valence-corrected chi connectivity index (χ3v) is 4.62. The zero-order valence-corrected chi connectivity index (χ0v) is 16.3. The van der Waals surface area contributed by atoms with E-state index in [4.69, 9.17) is 14.5 Å². The number of benzene rings is 1. The number of carbonyl (C=O) groups excluding carboxylic acids is 1. The lowest BCUT2D eigenvalue weighted by atomic mass is 9.99. The van der Waals surface area contributed by atoms with Gasteiger partial charge in [-0.1, -0.05) is 19.1 Å². The van der Waals surface area contributed by atoms with Gasteiger partial charge in [-0.25, -0.2) is 0 Å². The first-order chi connectivity index (χ1) is 12.6. The molecule has 1 fully saturated rings. The van der Waals surface area contributed by atoms with Gasteiger partial charge in [0, 0.05) is 26.2 Å². The van der Waals surface area contributed by atoms with E-state index in [2.05, 4.69) is 36.2 Å². The summed E-state index contributed by atoms with van der Waals surface area (Å²) >= 11 is 0. The molecule has 26 heavy (non-hydrogen) atoms. The molecule has 2 atom stereocenters. The largest absolute Gasteiger partial charge is 0.494 e. The first-order valence-corrected chi connectivity index (χ1v) is 9.41. The molecule has 0 aromatic heterocycles. The van der Waals surface area contributed by atoms with E-state index in [-0.39, 0.29) is 17.8 Å². The number of nitrogens with one attached hydrogen (secondary N) is 1. The highest BCUT2D eigenvalue weighted by Crippen LogP contribution is 2.24. The average molecular weight is 361 g/mol. The van der Waals surface area contributed by atoms with E-state index >= 15 is 0 Å². The predicted molar refractivity (Wildman–Crippen MR) is 104 cm³/mol. The van der Waals surface area contributed by atoms with Gasteiger partial charge in [-0.05, 0) is 43.9 Å². The maximum absolute atomic E-state index is 11.9. The fraction of sp³-hybridized carbons (Fsp3) is 0.600. The minimum absolute atomic E-state index is 0.0910. The summed E-state index contributed by atoms with van der Waals surface area (Å²) in [5.74, 6) is 1.80. The number of guanidine groups is 1. The third kappa shape index (κ3) is 5.38. The fourth-order valence-corrected chi connectivity index (χ4v) is 3.27. The summed E-state index contributed by atoms with van der Waals surface area (Å²) in [6, 6.07) is 8.14. The molecule has 0 spiro atoms. The van der Waals surface area contributed by atoms with Gasteiger partial charge in [0.15, 0.2) is 5.96 Å². The molecule has 2 unspecified atom stereocenters. The van der Waals surface area contributed by atoms with E-state index in [9.17, 15) is 4.79 Å². The Morgan fingerprint density at radius 3 is 2.85 bits per heavy atom. The van der Waals surface area contributed by atoms with Crippen molar-refractivity contribution >= 4 is 11.9 Å². The van der Waals surface area contributed by atoms with Gasteiger partial charge in [-0.15, -0.1) is 0 Å². The number of esters is 1. The summed E-state index contributed by atoms with van der Waals surface area (Å²) in [5, 5.41) is 3.34. The molecule has 1 aliphatic heterocycles. The minimum atomic E-state index is -0.136. The number of hydrogen-bond acceptors (Lipinski definition) is 4. The highest BCUT2D eigenvalue weighted by Gasteiger charge is 2.36. The Morgan fingerprint density at radius 2 is 2.15 bits per heavy atom. The van der Waals surface area contributed by atoms with Crippen LogP contribution < -0.4 is 10.1 Å². The zero-order valence-electron chi connectivity index (χ0n) is 16.3. The number of aliphatic imine (C=N–C) groups is 1. The van der Waals surface area contributed by atoms with Crippen LogP contribution >= 0.6 is 0 Å². The van der Waals surface area contributed by atoms with Gasteiger partial charge in [0.05, 0.1) is 19.6 Å². The number of carbonyl (C=O) groups is 1. The predicted octanol–water partition coefficient (Wildman–Crippen LogP) is 2.33. The van der Waals surface area contributed by atoms with Gasteiger partial charge in [-0.3, -0.25) is 9.79 Å². The Hall–Kier alpha value is -2.24. The van der Waals surface area contributed by atoms with Gasteiger partial charge < -0.3 is 19.7 Å². The van der Waals surface area contributed by atoms with Crippen LogP contribution in [0.2, 0.25) is 0 Å². The van der Waals surface area contributed by atoms with Crippen molar-refractivity contribution in [2.24, 2.45) is 16.8 Å². The minimum Gasteiger partial charge on any atom is -0.494 e. The maximum atomic E-state index is 11.9. The summed E-state index contributed by atoms with van der Waals surface area (Å²) in [7, 11) is 1.45. The topological polar surface area (TPSA) is 63.2 Å². The normalized spacial score (nSPS) is 20.2. The van der Waals surface area contributed by atoms with Crippen molar-refractivity contribution in [1.29, 1.82) is 0 Å². The lowest BCUT2D eigenvalue weighted by Crippen LogP contribution is -2.40. The molecule has 2 rings (SSSR count). The summed E-state index contributed by atoms with van der Waals surface area (Å²) < 4.78 is 10.5. The summed E-state index contributed by atoms with van der Waals surface area (Å²) in [6.07, 6.45) is 0.847. The highest BCUT2D eigenvalue weighted by atomic mass is 16.5. The smallest absolute Gasteiger partial charge is 0.310 e. The lowest BCUT2D eigenvalue weighted by Gasteiger charge is -2.21. The van der Waals surface area contributed by atoms with E-state index in [1.807, 2.05) is 19.1 Å². The van der Waals surface area contributed by atoms with Crippen LogP contribution in [0.3, 0.4) is 0 Å². The summed E-state index contributed by atoms with van der Waals surface area (Å²) in [6.45, 7) is 9.74. The van der Waals surface area contributed by atoms with E-state index in [0.717, 1.165) is 31.2 Å². The van der Waals surface area contributed by atoms with Gasteiger partial charge in [-0.2, -0.15) is 0 Å². The van der Waals surface area contributed by atoms with Crippen LogP contribution in [0.15, 0.2) is 29.3 Å². The van der Waals surface area contributed by atoms with Crippen LogP contribution in [-0.2, 0) is 16.0 Å². The Labute approximate surface area is 156 Å². The SMILES string of the molecule is CCNC(=NCCc1cccc(OCC)c1)N1CC(C)C(C(=O)OC)C1. The van der Waals surface area contributed by atoms with Crippen LogP contribution in [0, 0.1) is 11.8 Å². The van der Waals surface area contributed by atoms with Crippen molar-refractivity contribution < 1.29 is 14.3 Å². The van der Waals surface area contributed by atoms with Crippen LogP contribution in [0.5, 0.6) is 5.75 Å². The Balaban J connectivity index is 1.98. The molecule has 1 heterocycles. The molecule has 1 aromatic carbocycles. The standard InChI is InChI=1S/C20H31N3O3/c1-5-21-20(23-13-15(3)18(14-23)19(24)25-4)22-11-10-16-8-7-9-17(12-16)26-6-2/h7-9,12,15,18H,5-6,10-11,13-14H2,1-4H3,(H,21,22). The van der Waals surface area contributed by atoms with Crippen molar-refractivity contribution in [2.45, 2.75) is 27.2 Å². The molecule has 0 saturated carbocycles. The molecule has 1 saturated heterocycles. The molecule has 0 radical (unpaired) electrons. The van der Waals surface area contributed by atoms with Gasteiger partial charge in [0.1, 0.15) is 5.75 Å². The molecule has 0 bridgehead atoms. The molecule has 0 aliphatic carbocycles. The molecule has 1 N–H and O–H groups in total. The summed E-state index contributed by atoms with van der Waals surface area (Å²) in [5.41, 5.74) is 1.21.